The molecule has 0 saturated carbocycles. The van der Waals surface area contributed by atoms with E-state index in [0.717, 1.165) is 22.9 Å². The quantitative estimate of drug-likeness (QED) is 0.508. The van der Waals surface area contributed by atoms with Crippen LogP contribution in [0.15, 0.2) is 53.4 Å². The van der Waals surface area contributed by atoms with Crippen molar-refractivity contribution >= 4 is 57.9 Å². The number of carboxylic acids is 1. The molecule has 0 aliphatic carbocycles. The van der Waals surface area contributed by atoms with Crippen molar-refractivity contribution in [1.29, 1.82) is 0 Å². The first-order chi connectivity index (χ1) is 13.4. The number of hydrogen-bond acceptors (Lipinski definition) is 5. The van der Waals surface area contributed by atoms with Gasteiger partial charge in [0.2, 0.25) is 0 Å². The molecule has 144 valence electrons. The van der Waals surface area contributed by atoms with Crippen molar-refractivity contribution in [3.63, 3.8) is 0 Å². The normalized spacial score (nSPS) is 15.3. The molecule has 1 fully saturated rings. The summed E-state index contributed by atoms with van der Waals surface area (Å²) in [6.07, 6.45) is 1.57. The Hall–Kier alpha value is -2.35. The third kappa shape index (κ3) is 5.13. The number of amides is 1. The Morgan fingerprint density at radius 1 is 1.21 bits per heavy atom. The number of nitrogens with zero attached hydrogens (tertiary/aromatic N) is 1. The largest absolute Gasteiger partial charge is 0.488 e. The van der Waals surface area contributed by atoms with Crippen LogP contribution in [0.25, 0.3) is 6.08 Å². The summed E-state index contributed by atoms with van der Waals surface area (Å²) < 4.78 is 6.27. The van der Waals surface area contributed by atoms with Gasteiger partial charge in [-0.2, -0.15) is 0 Å². The van der Waals surface area contributed by atoms with Crippen molar-refractivity contribution in [3.05, 3.63) is 69.6 Å². The Labute approximate surface area is 176 Å². The zero-order chi connectivity index (χ0) is 20.1. The number of halogens is 1. The molecule has 2 aromatic rings. The average Bonchev–Trinajstić information content (AvgIpc) is 2.93. The number of ether oxygens (including phenoxy) is 1. The van der Waals surface area contributed by atoms with Gasteiger partial charge in [-0.05, 0) is 29.8 Å². The number of para-hydroxylation sites is 1. The van der Waals surface area contributed by atoms with E-state index >= 15 is 0 Å². The van der Waals surface area contributed by atoms with Crippen LogP contribution in [-0.4, -0.2) is 32.7 Å². The van der Waals surface area contributed by atoms with Crippen molar-refractivity contribution in [3.8, 4) is 5.75 Å². The number of thioether (sulfide) groups is 1. The lowest BCUT2D eigenvalue weighted by Crippen LogP contribution is -2.30. The Balaban J connectivity index is 1.75. The summed E-state index contributed by atoms with van der Waals surface area (Å²) >= 11 is 12.3. The number of benzene rings is 2. The van der Waals surface area contributed by atoms with Crippen LogP contribution in [0.2, 0.25) is 5.02 Å². The van der Waals surface area contributed by atoms with Gasteiger partial charge in [0.05, 0.1) is 11.3 Å². The van der Waals surface area contributed by atoms with Crippen LogP contribution in [0, 0.1) is 0 Å². The average molecular weight is 434 g/mol. The van der Waals surface area contributed by atoms with Crippen molar-refractivity contribution in [1.82, 2.24) is 4.90 Å². The van der Waals surface area contributed by atoms with Crippen molar-refractivity contribution in [2.45, 2.75) is 13.0 Å². The number of rotatable bonds is 7. The molecule has 1 heterocycles. The fourth-order valence-electron chi connectivity index (χ4n) is 2.51. The first-order valence-corrected chi connectivity index (χ1v) is 9.98. The molecule has 0 atom stereocenters. The summed E-state index contributed by atoms with van der Waals surface area (Å²) in [5.41, 5.74) is 1.72. The molecule has 1 saturated heterocycles. The summed E-state index contributed by atoms with van der Waals surface area (Å²) in [5, 5.41) is 9.49. The molecule has 0 radical (unpaired) electrons. The molecule has 8 heteroatoms. The number of aliphatic carboxylic acids is 1. The van der Waals surface area contributed by atoms with Crippen LogP contribution in [0.1, 0.15) is 17.5 Å². The molecule has 0 bridgehead atoms. The smallest absolute Gasteiger partial charge is 0.305 e. The van der Waals surface area contributed by atoms with Gasteiger partial charge in [0.15, 0.2) is 0 Å². The van der Waals surface area contributed by atoms with Crippen LogP contribution < -0.4 is 4.74 Å². The van der Waals surface area contributed by atoms with Crippen molar-refractivity contribution < 1.29 is 19.4 Å². The highest BCUT2D eigenvalue weighted by Crippen LogP contribution is 2.34. The zero-order valence-corrected chi connectivity index (χ0v) is 17.0. The highest BCUT2D eigenvalue weighted by atomic mass is 35.5. The third-order valence-electron chi connectivity index (χ3n) is 3.94. The molecule has 5 nitrogen and oxygen atoms in total. The zero-order valence-electron chi connectivity index (χ0n) is 14.6. The van der Waals surface area contributed by atoms with E-state index in [-0.39, 0.29) is 18.9 Å². The van der Waals surface area contributed by atoms with Crippen LogP contribution in [0.4, 0.5) is 0 Å². The number of carbonyl (C=O) groups excluding carboxylic acids is 1. The highest BCUT2D eigenvalue weighted by molar-refractivity contribution is 8.26. The molecule has 1 aliphatic heterocycles. The van der Waals surface area contributed by atoms with Gasteiger partial charge >= 0.3 is 5.97 Å². The van der Waals surface area contributed by atoms with E-state index in [2.05, 4.69) is 0 Å². The molecule has 1 N–H and O–H groups in total. The molecule has 1 aliphatic rings. The van der Waals surface area contributed by atoms with Gasteiger partial charge in [-0.3, -0.25) is 14.5 Å². The second kappa shape index (κ2) is 9.23. The molecular formula is C20H16ClNO4S2. The predicted octanol–water partition coefficient (Wildman–Crippen LogP) is 4.59. The molecule has 2 aromatic carbocycles. The van der Waals surface area contributed by atoms with Gasteiger partial charge in [0.25, 0.3) is 5.91 Å². The van der Waals surface area contributed by atoms with Crippen LogP contribution >= 0.6 is 35.6 Å². The summed E-state index contributed by atoms with van der Waals surface area (Å²) in [4.78, 5) is 25.1. The van der Waals surface area contributed by atoms with E-state index in [4.69, 9.17) is 33.7 Å². The first-order valence-electron chi connectivity index (χ1n) is 8.37. The molecule has 3 rings (SSSR count). The second-order valence-corrected chi connectivity index (χ2v) is 8.04. The molecule has 1 amide bonds. The Bertz CT molecular complexity index is 943. The summed E-state index contributed by atoms with van der Waals surface area (Å²) in [7, 11) is 0. The van der Waals surface area contributed by atoms with E-state index in [9.17, 15) is 9.59 Å². The predicted molar refractivity (Wildman–Crippen MR) is 114 cm³/mol. The number of carboxylic acid groups (broad SMARTS) is 1. The Kier molecular flexibility index (Phi) is 6.72. The van der Waals surface area contributed by atoms with Gasteiger partial charge in [0.1, 0.15) is 16.7 Å². The summed E-state index contributed by atoms with van der Waals surface area (Å²) in [6, 6.07) is 14.8. The van der Waals surface area contributed by atoms with Gasteiger partial charge < -0.3 is 9.84 Å². The lowest BCUT2D eigenvalue weighted by atomic mass is 10.1. The molecule has 0 spiro atoms. The minimum absolute atomic E-state index is 0.0616. The van der Waals surface area contributed by atoms with E-state index in [1.54, 1.807) is 18.2 Å². The van der Waals surface area contributed by atoms with Gasteiger partial charge in [-0.15, -0.1) is 0 Å². The van der Waals surface area contributed by atoms with Crippen molar-refractivity contribution in [2.24, 2.45) is 0 Å². The van der Waals surface area contributed by atoms with Crippen LogP contribution in [0.3, 0.4) is 0 Å². The standard InChI is InChI=1S/C20H16ClNO4S2/c21-15-7-5-13(6-8-15)12-26-16-4-2-1-3-14(16)11-17-19(25)22(20(27)28-17)10-9-18(23)24/h1-8,11H,9-10,12H2,(H,23,24). The number of hydrogen-bond donors (Lipinski definition) is 1. The lowest BCUT2D eigenvalue weighted by Gasteiger charge is -2.12. The summed E-state index contributed by atoms with van der Waals surface area (Å²) in [6.45, 7) is 0.424. The fourth-order valence-corrected chi connectivity index (χ4v) is 3.94. The van der Waals surface area contributed by atoms with Gasteiger partial charge in [-0.1, -0.05) is 65.9 Å². The maximum absolute atomic E-state index is 12.6. The van der Waals surface area contributed by atoms with Gasteiger partial charge in [0, 0.05) is 17.1 Å². The first kappa shape index (κ1) is 20.4. The fraction of sp³-hybridized carbons (Fsp3) is 0.150. The second-order valence-electron chi connectivity index (χ2n) is 5.93. The number of carbonyl (C=O) groups is 2. The van der Waals surface area contributed by atoms with E-state index in [0.29, 0.717) is 26.6 Å². The molecule has 0 unspecified atom stereocenters. The van der Waals surface area contributed by atoms with Crippen LogP contribution in [-0.2, 0) is 16.2 Å². The molecule has 0 aromatic heterocycles. The van der Waals surface area contributed by atoms with E-state index in [1.807, 2.05) is 36.4 Å². The maximum atomic E-state index is 12.6. The Morgan fingerprint density at radius 3 is 2.64 bits per heavy atom. The lowest BCUT2D eigenvalue weighted by molar-refractivity contribution is -0.137. The number of thiocarbonyl (C=S) groups is 1. The van der Waals surface area contributed by atoms with Crippen molar-refractivity contribution in [2.75, 3.05) is 6.54 Å². The third-order valence-corrected chi connectivity index (χ3v) is 5.57. The molecular weight excluding hydrogens is 418 g/mol. The van der Waals surface area contributed by atoms with E-state index in [1.165, 1.54) is 4.90 Å². The SMILES string of the molecule is O=C(O)CCN1C(=O)C(=Cc2ccccc2OCc2ccc(Cl)cc2)SC1=S. The van der Waals surface area contributed by atoms with Gasteiger partial charge in [-0.25, -0.2) is 0 Å². The molecule has 28 heavy (non-hydrogen) atoms. The Morgan fingerprint density at radius 2 is 1.93 bits per heavy atom. The van der Waals surface area contributed by atoms with Crippen LogP contribution in [0.5, 0.6) is 5.75 Å². The summed E-state index contributed by atoms with van der Waals surface area (Å²) in [5.74, 6) is -0.629. The topological polar surface area (TPSA) is 66.8 Å². The highest BCUT2D eigenvalue weighted by Gasteiger charge is 2.32. The maximum Gasteiger partial charge on any atom is 0.305 e. The minimum Gasteiger partial charge on any atom is -0.488 e. The van der Waals surface area contributed by atoms with E-state index < -0.39 is 5.97 Å². The monoisotopic (exact) mass is 433 g/mol. The minimum atomic E-state index is -0.973.